The molecule has 1 rings (SSSR count). The highest BCUT2D eigenvalue weighted by molar-refractivity contribution is 5.84. The number of ether oxygens (including phenoxy) is 1. The highest BCUT2D eigenvalue weighted by Crippen LogP contribution is 2.05. The van der Waals surface area contributed by atoms with Gasteiger partial charge in [-0.2, -0.15) is 0 Å². The molecule has 0 heterocycles. The van der Waals surface area contributed by atoms with Crippen LogP contribution < -0.4 is 11.1 Å². The minimum Gasteiger partial charge on any atom is -0.459 e. The van der Waals surface area contributed by atoms with Crippen LogP contribution >= 0.6 is 0 Å². The van der Waals surface area contributed by atoms with Crippen molar-refractivity contribution in [1.29, 1.82) is 0 Å². The summed E-state index contributed by atoms with van der Waals surface area (Å²) >= 11 is 0. The molecule has 0 spiro atoms. The van der Waals surface area contributed by atoms with Crippen molar-refractivity contribution in [1.82, 2.24) is 5.32 Å². The third-order valence-electron chi connectivity index (χ3n) is 2.57. The highest BCUT2D eigenvalue weighted by Gasteiger charge is 2.21. The molecule has 2 amide bonds. The van der Waals surface area contributed by atoms with Crippen LogP contribution in [-0.2, 0) is 25.7 Å². The van der Waals surface area contributed by atoms with Gasteiger partial charge in [0, 0.05) is 13.3 Å². The van der Waals surface area contributed by atoms with Crippen LogP contribution in [0.2, 0.25) is 0 Å². The molecule has 108 valence electrons. The summed E-state index contributed by atoms with van der Waals surface area (Å²) < 4.78 is 5.12. The van der Waals surface area contributed by atoms with Crippen molar-refractivity contribution in [3.63, 3.8) is 0 Å². The molecule has 0 aliphatic heterocycles. The van der Waals surface area contributed by atoms with Crippen molar-refractivity contribution in [2.24, 2.45) is 5.73 Å². The van der Waals surface area contributed by atoms with E-state index in [4.69, 9.17) is 10.5 Å². The molecule has 0 saturated heterocycles. The third kappa shape index (κ3) is 5.99. The topological polar surface area (TPSA) is 98.5 Å². The van der Waals surface area contributed by atoms with Crippen molar-refractivity contribution in [3.8, 4) is 0 Å². The normalized spacial score (nSPS) is 11.4. The van der Waals surface area contributed by atoms with Crippen LogP contribution in [0.3, 0.4) is 0 Å². The second-order valence-electron chi connectivity index (χ2n) is 4.35. The molecule has 0 unspecified atom stereocenters. The summed E-state index contributed by atoms with van der Waals surface area (Å²) in [5, 5.41) is 2.45. The second-order valence-corrected chi connectivity index (χ2v) is 4.35. The predicted octanol–water partition coefficient (Wildman–Crippen LogP) is 0.500. The van der Waals surface area contributed by atoms with Gasteiger partial charge < -0.3 is 15.8 Å². The zero-order valence-corrected chi connectivity index (χ0v) is 11.3. The smallest absolute Gasteiger partial charge is 0.328 e. The summed E-state index contributed by atoms with van der Waals surface area (Å²) in [6.07, 6.45) is 0.133. The van der Waals surface area contributed by atoms with Gasteiger partial charge in [-0.15, -0.1) is 0 Å². The summed E-state index contributed by atoms with van der Waals surface area (Å²) in [6, 6.07) is 8.32. The molecular formula is C14H18N2O4. The maximum absolute atomic E-state index is 11.9. The van der Waals surface area contributed by atoms with E-state index in [1.807, 2.05) is 30.3 Å². The van der Waals surface area contributed by atoms with Crippen LogP contribution in [0.4, 0.5) is 0 Å². The Balaban J connectivity index is 2.53. The van der Waals surface area contributed by atoms with Gasteiger partial charge in [-0.1, -0.05) is 30.3 Å². The molecule has 0 aliphatic carbocycles. The van der Waals surface area contributed by atoms with Gasteiger partial charge in [-0.3, -0.25) is 9.59 Å². The molecule has 0 bridgehead atoms. The number of esters is 1. The van der Waals surface area contributed by atoms with E-state index in [-0.39, 0.29) is 25.4 Å². The fraction of sp³-hybridized carbons (Fsp3) is 0.357. The Kier molecular flexibility index (Phi) is 6.22. The molecule has 0 saturated carbocycles. The zero-order valence-electron chi connectivity index (χ0n) is 11.3. The quantitative estimate of drug-likeness (QED) is 0.709. The first-order chi connectivity index (χ1) is 9.49. The van der Waals surface area contributed by atoms with Crippen molar-refractivity contribution >= 4 is 17.8 Å². The Morgan fingerprint density at radius 1 is 1.25 bits per heavy atom. The lowest BCUT2D eigenvalue weighted by Gasteiger charge is -2.16. The molecule has 0 aliphatic rings. The second kappa shape index (κ2) is 7.93. The SMILES string of the molecule is CC(=O)N[C@@H](CCC(N)=O)C(=O)OCc1ccccc1. The van der Waals surface area contributed by atoms with Gasteiger partial charge in [0.2, 0.25) is 11.8 Å². The number of amides is 2. The zero-order chi connectivity index (χ0) is 15.0. The Morgan fingerprint density at radius 2 is 1.90 bits per heavy atom. The molecule has 0 aromatic heterocycles. The number of carbonyl (C=O) groups excluding carboxylic acids is 3. The number of nitrogens with one attached hydrogen (secondary N) is 1. The predicted molar refractivity (Wildman–Crippen MR) is 72.3 cm³/mol. The minimum atomic E-state index is -0.858. The maximum Gasteiger partial charge on any atom is 0.328 e. The standard InChI is InChI=1S/C14H18N2O4/c1-10(17)16-12(7-8-13(15)18)14(19)20-9-11-5-3-2-4-6-11/h2-6,12H,7-9H2,1H3,(H2,15,18)(H,16,17)/t12-/m0/s1. The van der Waals surface area contributed by atoms with E-state index in [1.54, 1.807) is 0 Å². The van der Waals surface area contributed by atoms with Crippen molar-refractivity contribution in [2.75, 3.05) is 0 Å². The molecule has 1 atom stereocenters. The lowest BCUT2D eigenvalue weighted by atomic mass is 10.1. The largest absolute Gasteiger partial charge is 0.459 e. The van der Waals surface area contributed by atoms with Gasteiger partial charge >= 0.3 is 5.97 Å². The first-order valence-electron chi connectivity index (χ1n) is 6.25. The van der Waals surface area contributed by atoms with E-state index < -0.39 is 17.9 Å². The fourth-order valence-corrected chi connectivity index (χ4v) is 1.61. The molecular weight excluding hydrogens is 260 g/mol. The van der Waals surface area contributed by atoms with E-state index in [1.165, 1.54) is 6.92 Å². The molecule has 6 nitrogen and oxygen atoms in total. The van der Waals surface area contributed by atoms with E-state index in [2.05, 4.69) is 5.32 Å². The number of primary amides is 1. The fourth-order valence-electron chi connectivity index (χ4n) is 1.61. The maximum atomic E-state index is 11.9. The first-order valence-corrected chi connectivity index (χ1v) is 6.25. The van der Waals surface area contributed by atoms with Crippen molar-refractivity contribution < 1.29 is 19.1 Å². The van der Waals surface area contributed by atoms with Crippen LogP contribution in [0.5, 0.6) is 0 Å². The molecule has 1 aromatic carbocycles. The number of hydrogen-bond acceptors (Lipinski definition) is 4. The lowest BCUT2D eigenvalue weighted by Crippen LogP contribution is -2.41. The lowest BCUT2D eigenvalue weighted by molar-refractivity contribution is -0.149. The van der Waals surface area contributed by atoms with Crippen LogP contribution in [-0.4, -0.2) is 23.8 Å². The van der Waals surface area contributed by atoms with E-state index in [0.29, 0.717) is 0 Å². The molecule has 0 fully saturated rings. The molecule has 3 N–H and O–H groups in total. The summed E-state index contributed by atoms with van der Waals surface area (Å²) in [6.45, 7) is 1.41. The summed E-state index contributed by atoms with van der Waals surface area (Å²) in [5.74, 6) is -1.47. The molecule has 6 heteroatoms. The minimum absolute atomic E-state index is 0.00534. The van der Waals surface area contributed by atoms with Gasteiger partial charge in [0.1, 0.15) is 12.6 Å². The number of benzene rings is 1. The number of nitrogens with two attached hydrogens (primary N) is 1. The van der Waals surface area contributed by atoms with Gasteiger partial charge in [0.15, 0.2) is 0 Å². The molecule has 0 radical (unpaired) electrons. The van der Waals surface area contributed by atoms with E-state index in [9.17, 15) is 14.4 Å². The number of hydrogen-bond donors (Lipinski definition) is 2. The third-order valence-corrected chi connectivity index (χ3v) is 2.57. The number of rotatable bonds is 7. The summed E-state index contributed by atoms with van der Waals surface area (Å²) in [5.41, 5.74) is 5.88. The van der Waals surface area contributed by atoms with E-state index >= 15 is 0 Å². The Morgan fingerprint density at radius 3 is 2.45 bits per heavy atom. The average Bonchev–Trinajstić information content (AvgIpc) is 2.41. The van der Waals surface area contributed by atoms with Crippen LogP contribution in [0.25, 0.3) is 0 Å². The summed E-state index contributed by atoms with van der Waals surface area (Å²) in [7, 11) is 0. The molecule has 1 aromatic rings. The Hall–Kier alpha value is -2.37. The van der Waals surface area contributed by atoms with Crippen LogP contribution in [0.1, 0.15) is 25.3 Å². The monoisotopic (exact) mass is 278 g/mol. The Bertz CT molecular complexity index is 473. The first kappa shape index (κ1) is 15.7. The van der Waals surface area contributed by atoms with E-state index in [0.717, 1.165) is 5.56 Å². The molecule has 20 heavy (non-hydrogen) atoms. The Labute approximate surface area is 117 Å². The van der Waals surface area contributed by atoms with Crippen molar-refractivity contribution in [3.05, 3.63) is 35.9 Å². The van der Waals surface area contributed by atoms with Crippen LogP contribution in [0, 0.1) is 0 Å². The van der Waals surface area contributed by atoms with Gasteiger partial charge in [0.05, 0.1) is 0 Å². The summed E-state index contributed by atoms with van der Waals surface area (Å²) in [4.78, 5) is 33.7. The average molecular weight is 278 g/mol. The van der Waals surface area contributed by atoms with Crippen molar-refractivity contribution in [2.45, 2.75) is 32.4 Å². The van der Waals surface area contributed by atoms with Gasteiger partial charge in [-0.05, 0) is 12.0 Å². The van der Waals surface area contributed by atoms with Gasteiger partial charge in [0.25, 0.3) is 0 Å². The van der Waals surface area contributed by atoms with Crippen LogP contribution in [0.15, 0.2) is 30.3 Å². The number of carbonyl (C=O) groups is 3. The highest BCUT2D eigenvalue weighted by atomic mass is 16.5. The van der Waals surface area contributed by atoms with Gasteiger partial charge in [-0.25, -0.2) is 4.79 Å².